The van der Waals surface area contributed by atoms with Crippen LogP contribution < -0.4 is 10.5 Å². The molecule has 0 fully saturated rings. The number of hydrogen-bond donors (Lipinski definition) is 1. The Bertz CT molecular complexity index is 547. The van der Waals surface area contributed by atoms with Gasteiger partial charge in [-0.2, -0.15) is 0 Å². The van der Waals surface area contributed by atoms with Crippen molar-refractivity contribution in [3.8, 4) is 11.6 Å². The Balaban J connectivity index is 2.14. The van der Waals surface area contributed by atoms with E-state index in [0.717, 1.165) is 17.7 Å². The lowest BCUT2D eigenvalue weighted by molar-refractivity contribution is 0.454. The van der Waals surface area contributed by atoms with E-state index < -0.39 is 0 Å². The molecule has 3 nitrogen and oxygen atoms in total. The third kappa shape index (κ3) is 3.81. The molecular formula is C17H22N2O. The molecule has 0 aliphatic heterocycles. The van der Waals surface area contributed by atoms with Crippen molar-refractivity contribution >= 4 is 0 Å². The number of pyridine rings is 1. The van der Waals surface area contributed by atoms with Crippen molar-refractivity contribution in [1.82, 2.24) is 4.98 Å². The van der Waals surface area contributed by atoms with Gasteiger partial charge in [-0.3, -0.25) is 0 Å². The van der Waals surface area contributed by atoms with Crippen LogP contribution in [0.2, 0.25) is 0 Å². The molecule has 2 aromatic rings. The summed E-state index contributed by atoms with van der Waals surface area (Å²) in [6, 6.07) is 12.1. The van der Waals surface area contributed by atoms with Crippen LogP contribution >= 0.6 is 0 Å². The van der Waals surface area contributed by atoms with Crippen LogP contribution in [0.25, 0.3) is 0 Å². The maximum atomic E-state index is 5.89. The zero-order valence-corrected chi connectivity index (χ0v) is 12.3. The van der Waals surface area contributed by atoms with E-state index in [1.165, 1.54) is 5.56 Å². The minimum atomic E-state index is 0.144. The Morgan fingerprint density at radius 3 is 2.45 bits per heavy atom. The SMILES string of the molecule is CC(N)Cc1ccc(Oc2ccccc2C(C)C)nc1. The van der Waals surface area contributed by atoms with Crippen LogP contribution in [0.1, 0.15) is 37.8 Å². The summed E-state index contributed by atoms with van der Waals surface area (Å²) in [5.41, 5.74) is 8.10. The molecular weight excluding hydrogens is 248 g/mol. The van der Waals surface area contributed by atoms with E-state index in [1.54, 1.807) is 0 Å². The first-order valence-corrected chi connectivity index (χ1v) is 7.03. The highest BCUT2D eigenvalue weighted by atomic mass is 16.5. The fourth-order valence-electron chi connectivity index (χ4n) is 2.13. The number of ether oxygens (including phenoxy) is 1. The van der Waals surface area contributed by atoms with E-state index in [4.69, 9.17) is 10.5 Å². The Kier molecular flexibility index (Phi) is 4.74. The van der Waals surface area contributed by atoms with Gasteiger partial charge in [-0.25, -0.2) is 4.98 Å². The van der Waals surface area contributed by atoms with E-state index >= 15 is 0 Å². The van der Waals surface area contributed by atoms with Crippen LogP contribution in [0.5, 0.6) is 11.6 Å². The summed E-state index contributed by atoms with van der Waals surface area (Å²) in [5.74, 6) is 1.91. The molecule has 0 radical (unpaired) electrons. The van der Waals surface area contributed by atoms with Gasteiger partial charge in [0.2, 0.25) is 5.88 Å². The first-order valence-electron chi connectivity index (χ1n) is 7.03. The third-order valence-corrected chi connectivity index (χ3v) is 3.11. The lowest BCUT2D eigenvalue weighted by Crippen LogP contribution is -2.17. The Labute approximate surface area is 120 Å². The first kappa shape index (κ1) is 14.5. The predicted octanol–water partition coefficient (Wildman–Crippen LogP) is 3.89. The lowest BCUT2D eigenvalue weighted by Gasteiger charge is -2.13. The summed E-state index contributed by atoms with van der Waals surface area (Å²) in [4.78, 5) is 4.35. The molecule has 0 bridgehead atoms. The fraction of sp³-hybridized carbons (Fsp3) is 0.353. The Hall–Kier alpha value is -1.87. The molecule has 1 aromatic heterocycles. The molecule has 1 aromatic carbocycles. The number of hydrogen-bond acceptors (Lipinski definition) is 3. The first-order chi connectivity index (χ1) is 9.56. The molecule has 1 atom stereocenters. The van der Waals surface area contributed by atoms with Crippen LogP contribution in [0.3, 0.4) is 0 Å². The number of para-hydroxylation sites is 1. The third-order valence-electron chi connectivity index (χ3n) is 3.11. The van der Waals surface area contributed by atoms with Crippen LogP contribution in [0.4, 0.5) is 0 Å². The van der Waals surface area contributed by atoms with E-state index in [0.29, 0.717) is 11.8 Å². The highest BCUT2D eigenvalue weighted by Gasteiger charge is 2.08. The van der Waals surface area contributed by atoms with Crippen molar-refractivity contribution < 1.29 is 4.74 Å². The minimum Gasteiger partial charge on any atom is -0.439 e. The zero-order chi connectivity index (χ0) is 14.5. The number of nitrogens with zero attached hydrogens (tertiary/aromatic N) is 1. The highest BCUT2D eigenvalue weighted by molar-refractivity contribution is 5.38. The molecule has 1 heterocycles. The van der Waals surface area contributed by atoms with Crippen molar-refractivity contribution in [2.45, 2.75) is 39.2 Å². The largest absolute Gasteiger partial charge is 0.439 e. The van der Waals surface area contributed by atoms with Crippen LogP contribution in [0.15, 0.2) is 42.6 Å². The molecule has 0 aliphatic carbocycles. The molecule has 2 rings (SSSR count). The van der Waals surface area contributed by atoms with Gasteiger partial charge in [-0.15, -0.1) is 0 Å². The van der Waals surface area contributed by atoms with Gasteiger partial charge >= 0.3 is 0 Å². The van der Waals surface area contributed by atoms with E-state index in [2.05, 4.69) is 24.9 Å². The standard InChI is InChI=1S/C17H22N2O/c1-12(2)15-6-4-5-7-16(15)20-17-9-8-14(11-19-17)10-13(3)18/h4-9,11-13H,10,18H2,1-3H3. The second kappa shape index (κ2) is 6.53. The number of nitrogens with two attached hydrogens (primary N) is 1. The molecule has 0 aliphatic rings. The fourth-order valence-corrected chi connectivity index (χ4v) is 2.13. The number of aromatic nitrogens is 1. The van der Waals surface area contributed by atoms with Gasteiger partial charge in [0.05, 0.1) is 0 Å². The second-order valence-corrected chi connectivity index (χ2v) is 5.48. The molecule has 0 saturated carbocycles. The van der Waals surface area contributed by atoms with Gasteiger partial charge in [0, 0.05) is 18.3 Å². The van der Waals surface area contributed by atoms with Crippen molar-refractivity contribution in [1.29, 1.82) is 0 Å². The van der Waals surface area contributed by atoms with Gasteiger partial charge in [-0.05, 0) is 36.5 Å². The lowest BCUT2D eigenvalue weighted by atomic mass is 10.0. The summed E-state index contributed by atoms with van der Waals surface area (Å²) >= 11 is 0. The topological polar surface area (TPSA) is 48.1 Å². The summed E-state index contributed by atoms with van der Waals surface area (Å²) in [6.45, 7) is 6.30. The average Bonchev–Trinajstić information content (AvgIpc) is 2.41. The number of benzene rings is 1. The van der Waals surface area contributed by atoms with Crippen molar-refractivity contribution in [2.24, 2.45) is 5.73 Å². The molecule has 0 saturated heterocycles. The normalized spacial score (nSPS) is 12.4. The average molecular weight is 270 g/mol. The Morgan fingerprint density at radius 1 is 1.10 bits per heavy atom. The molecule has 106 valence electrons. The summed E-state index contributed by atoms with van der Waals surface area (Å²) < 4.78 is 5.89. The summed E-state index contributed by atoms with van der Waals surface area (Å²) in [7, 11) is 0. The maximum Gasteiger partial charge on any atom is 0.219 e. The van der Waals surface area contributed by atoms with Crippen molar-refractivity contribution in [3.63, 3.8) is 0 Å². The van der Waals surface area contributed by atoms with Gasteiger partial charge < -0.3 is 10.5 Å². The highest BCUT2D eigenvalue weighted by Crippen LogP contribution is 2.29. The van der Waals surface area contributed by atoms with Gasteiger partial charge in [-0.1, -0.05) is 38.1 Å². The Morgan fingerprint density at radius 2 is 1.85 bits per heavy atom. The minimum absolute atomic E-state index is 0.144. The monoisotopic (exact) mass is 270 g/mol. The van der Waals surface area contributed by atoms with E-state index in [9.17, 15) is 0 Å². The number of rotatable bonds is 5. The van der Waals surface area contributed by atoms with Crippen molar-refractivity contribution in [3.05, 3.63) is 53.7 Å². The molecule has 3 heteroatoms. The predicted molar refractivity (Wildman–Crippen MR) is 82.2 cm³/mol. The van der Waals surface area contributed by atoms with Gasteiger partial charge in [0.25, 0.3) is 0 Å². The smallest absolute Gasteiger partial charge is 0.219 e. The summed E-state index contributed by atoms with van der Waals surface area (Å²) in [5, 5.41) is 0. The quantitative estimate of drug-likeness (QED) is 0.896. The summed E-state index contributed by atoms with van der Waals surface area (Å²) in [6.07, 6.45) is 2.66. The molecule has 0 spiro atoms. The van der Waals surface area contributed by atoms with Gasteiger partial charge in [0.1, 0.15) is 5.75 Å². The second-order valence-electron chi connectivity index (χ2n) is 5.48. The van der Waals surface area contributed by atoms with Crippen molar-refractivity contribution in [2.75, 3.05) is 0 Å². The van der Waals surface area contributed by atoms with Crippen LogP contribution in [-0.2, 0) is 6.42 Å². The maximum absolute atomic E-state index is 5.89. The molecule has 0 amide bonds. The molecule has 1 unspecified atom stereocenters. The molecule has 2 N–H and O–H groups in total. The van der Waals surface area contributed by atoms with Crippen LogP contribution in [-0.4, -0.2) is 11.0 Å². The van der Waals surface area contributed by atoms with Gasteiger partial charge in [0.15, 0.2) is 0 Å². The van der Waals surface area contributed by atoms with E-state index in [-0.39, 0.29) is 6.04 Å². The van der Waals surface area contributed by atoms with Crippen LogP contribution in [0, 0.1) is 0 Å². The zero-order valence-electron chi connectivity index (χ0n) is 12.3. The van der Waals surface area contributed by atoms with E-state index in [1.807, 2.05) is 43.5 Å². The molecule has 20 heavy (non-hydrogen) atoms.